The standard InChI is InChI=1S/C15H19N3O4/c1-3-16-14(19)11-17(4-2)15(20)10-9-12-7-5-6-8-13(12)18(21)22/h5-10H,3-4,11H2,1-2H3,(H,16,19)/b10-9+. The minimum Gasteiger partial charge on any atom is -0.355 e. The maximum absolute atomic E-state index is 12.1. The molecule has 0 aliphatic carbocycles. The second-order valence-electron chi connectivity index (χ2n) is 4.46. The van der Waals surface area contributed by atoms with Crippen LogP contribution in [0.4, 0.5) is 5.69 Å². The molecule has 1 aromatic carbocycles. The molecular weight excluding hydrogens is 286 g/mol. The molecule has 0 aliphatic rings. The molecule has 7 heteroatoms. The Kier molecular flexibility index (Phi) is 6.75. The van der Waals surface area contributed by atoms with Crippen LogP contribution in [0.15, 0.2) is 30.3 Å². The molecule has 7 nitrogen and oxygen atoms in total. The van der Waals surface area contributed by atoms with Gasteiger partial charge in [0.25, 0.3) is 5.69 Å². The molecule has 0 radical (unpaired) electrons. The van der Waals surface area contributed by atoms with Crippen molar-refractivity contribution < 1.29 is 14.5 Å². The van der Waals surface area contributed by atoms with Crippen LogP contribution >= 0.6 is 0 Å². The van der Waals surface area contributed by atoms with E-state index in [1.807, 2.05) is 0 Å². The molecule has 118 valence electrons. The zero-order valence-electron chi connectivity index (χ0n) is 12.6. The summed E-state index contributed by atoms with van der Waals surface area (Å²) in [5, 5.41) is 13.5. The summed E-state index contributed by atoms with van der Waals surface area (Å²) in [6.07, 6.45) is 2.63. The first-order valence-corrected chi connectivity index (χ1v) is 6.96. The number of carbonyl (C=O) groups is 2. The van der Waals surface area contributed by atoms with Gasteiger partial charge in [0, 0.05) is 25.2 Å². The maximum atomic E-state index is 12.1. The molecule has 1 N–H and O–H groups in total. The number of nitrogens with zero attached hydrogens (tertiary/aromatic N) is 2. The maximum Gasteiger partial charge on any atom is 0.276 e. The molecule has 1 rings (SSSR count). The number of likely N-dealkylation sites (N-methyl/N-ethyl adjacent to an activating group) is 2. The van der Waals surface area contributed by atoms with Gasteiger partial charge >= 0.3 is 0 Å². The normalized spacial score (nSPS) is 10.5. The van der Waals surface area contributed by atoms with Crippen molar-refractivity contribution in [2.45, 2.75) is 13.8 Å². The quantitative estimate of drug-likeness (QED) is 0.470. The van der Waals surface area contributed by atoms with Gasteiger partial charge in [-0.05, 0) is 26.0 Å². The third-order valence-corrected chi connectivity index (χ3v) is 2.94. The third-order valence-electron chi connectivity index (χ3n) is 2.94. The van der Waals surface area contributed by atoms with Gasteiger partial charge in [-0.1, -0.05) is 12.1 Å². The van der Waals surface area contributed by atoms with E-state index in [1.165, 1.54) is 23.1 Å². The minimum absolute atomic E-state index is 0.0373. The first-order valence-electron chi connectivity index (χ1n) is 6.96. The van der Waals surface area contributed by atoms with E-state index in [0.29, 0.717) is 18.7 Å². The molecule has 0 aromatic heterocycles. The molecule has 1 aromatic rings. The highest BCUT2D eigenvalue weighted by molar-refractivity contribution is 5.94. The summed E-state index contributed by atoms with van der Waals surface area (Å²) in [6, 6.07) is 6.15. The molecule has 0 saturated carbocycles. The predicted octanol–water partition coefficient (Wildman–Crippen LogP) is 1.59. The van der Waals surface area contributed by atoms with E-state index in [1.54, 1.807) is 32.0 Å². The van der Waals surface area contributed by atoms with Gasteiger partial charge in [-0.3, -0.25) is 19.7 Å². The van der Waals surface area contributed by atoms with Gasteiger partial charge in [-0.2, -0.15) is 0 Å². The van der Waals surface area contributed by atoms with Gasteiger partial charge in [0.05, 0.1) is 17.0 Å². The second-order valence-corrected chi connectivity index (χ2v) is 4.46. The molecule has 0 heterocycles. The predicted molar refractivity (Wildman–Crippen MR) is 83.1 cm³/mol. The molecule has 0 unspecified atom stereocenters. The van der Waals surface area contributed by atoms with Crippen molar-refractivity contribution in [1.82, 2.24) is 10.2 Å². The summed E-state index contributed by atoms with van der Waals surface area (Å²) < 4.78 is 0. The third kappa shape index (κ3) is 5.01. The van der Waals surface area contributed by atoms with E-state index in [9.17, 15) is 19.7 Å². The van der Waals surface area contributed by atoms with Crippen LogP contribution in [0.1, 0.15) is 19.4 Å². The Balaban J connectivity index is 2.82. The van der Waals surface area contributed by atoms with Crippen LogP contribution in [0.3, 0.4) is 0 Å². The lowest BCUT2D eigenvalue weighted by molar-refractivity contribution is -0.385. The molecule has 22 heavy (non-hydrogen) atoms. The SMILES string of the molecule is CCNC(=O)CN(CC)C(=O)/C=C/c1ccccc1[N+](=O)[O-]. The van der Waals surface area contributed by atoms with Crippen LogP contribution in [-0.2, 0) is 9.59 Å². The number of hydrogen-bond acceptors (Lipinski definition) is 4. The van der Waals surface area contributed by atoms with Crippen LogP contribution in [0.5, 0.6) is 0 Å². The number of nitro benzene ring substituents is 1. The first kappa shape index (κ1) is 17.4. The number of carbonyl (C=O) groups excluding carboxylic acids is 2. The molecule has 0 saturated heterocycles. The highest BCUT2D eigenvalue weighted by Crippen LogP contribution is 2.18. The van der Waals surface area contributed by atoms with Crippen LogP contribution in [0, 0.1) is 10.1 Å². The van der Waals surface area contributed by atoms with E-state index < -0.39 is 4.92 Å². The van der Waals surface area contributed by atoms with Crippen LogP contribution in [0.25, 0.3) is 6.08 Å². The van der Waals surface area contributed by atoms with Crippen molar-refractivity contribution in [3.63, 3.8) is 0 Å². The summed E-state index contributed by atoms with van der Waals surface area (Å²) in [7, 11) is 0. The van der Waals surface area contributed by atoms with Crippen LogP contribution in [0.2, 0.25) is 0 Å². The van der Waals surface area contributed by atoms with Gasteiger partial charge in [-0.15, -0.1) is 0 Å². The average molecular weight is 305 g/mol. The summed E-state index contributed by atoms with van der Waals surface area (Å²) in [6.45, 7) is 4.39. The zero-order valence-corrected chi connectivity index (χ0v) is 12.6. The number of para-hydroxylation sites is 1. The number of nitro groups is 1. The van der Waals surface area contributed by atoms with E-state index in [-0.39, 0.29) is 24.0 Å². The largest absolute Gasteiger partial charge is 0.355 e. The topological polar surface area (TPSA) is 92.6 Å². The van der Waals surface area contributed by atoms with Crippen molar-refractivity contribution in [2.24, 2.45) is 0 Å². The fourth-order valence-corrected chi connectivity index (χ4v) is 1.83. The first-order chi connectivity index (χ1) is 10.5. The smallest absolute Gasteiger partial charge is 0.276 e. The van der Waals surface area contributed by atoms with E-state index in [4.69, 9.17) is 0 Å². The Morgan fingerprint density at radius 3 is 2.59 bits per heavy atom. The van der Waals surface area contributed by atoms with Crippen molar-refractivity contribution in [3.05, 3.63) is 46.0 Å². The Hall–Kier alpha value is -2.70. The lowest BCUT2D eigenvalue weighted by Gasteiger charge is -2.18. The van der Waals surface area contributed by atoms with E-state index in [0.717, 1.165) is 0 Å². The minimum atomic E-state index is -0.504. The van der Waals surface area contributed by atoms with Crippen molar-refractivity contribution in [3.8, 4) is 0 Å². The Bertz CT molecular complexity index is 584. The molecular formula is C15H19N3O4. The lowest BCUT2D eigenvalue weighted by Crippen LogP contribution is -2.39. The van der Waals surface area contributed by atoms with Gasteiger partial charge in [-0.25, -0.2) is 0 Å². The summed E-state index contributed by atoms with van der Waals surface area (Å²) in [4.78, 5) is 35.3. The van der Waals surface area contributed by atoms with Gasteiger partial charge in [0.15, 0.2) is 0 Å². The number of benzene rings is 1. The molecule has 0 aliphatic heterocycles. The van der Waals surface area contributed by atoms with Crippen molar-refractivity contribution in [1.29, 1.82) is 0 Å². The Labute approximate surface area is 128 Å². The van der Waals surface area contributed by atoms with Gasteiger partial charge in [0.2, 0.25) is 11.8 Å². The highest BCUT2D eigenvalue weighted by Gasteiger charge is 2.14. The van der Waals surface area contributed by atoms with E-state index in [2.05, 4.69) is 5.32 Å². The van der Waals surface area contributed by atoms with Gasteiger partial charge < -0.3 is 10.2 Å². The highest BCUT2D eigenvalue weighted by atomic mass is 16.6. The van der Waals surface area contributed by atoms with Crippen LogP contribution < -0.4 is 5.32 Å². The monoisotopic (exact) mass is 305 g/mol. The van der Waals surface area contributed by atoms with Crippen LogP contribution in [-0.4, -0.2) is 41.3 Å². The summed E-state index contributed by atoms with van der Waals surface area (Å²) in [5.74, 6) is -0.608. The number of hydrogen-bond donors (Lipinski definition) is 1. The van der Waals surface area contributed by atoms with Gasteiger partial charge in [0.1, 0.15) is 0 Å². The molecule has 0 fully saturated rings. The fourth-order valence-electron chi connectivity index (χ4n) is 1.83. The number of amides is 2. The zero-order chi connectivity index (χ0) is 16.5. The lowest BCUT2D eigenvalue weighted by atomic mass is 10.1. The Morgan fingerprint density at radius 1 is 1.32 bits per heavy atom. The fraction of sp³-hybridized carbons (Fsp3) is 0.333. The molecule has 0 atom stereocenters. The van der Waals surface area contributed by atoms with Crippen molar-refractivity contribution in [2.75, 3.05) is 19.6 Å². The number of rotatable bonds is 7. The summed E-state index contributed by atoms with van der Waals surface area (Å²) >= 11 is 0. The second kappa shape index (κ2) is 8.56. The van der Waals surface area contributed by atoms with Crippen molar-refractivity contribution >= 4 is 23.6 Å². The molecule has 0 bridgehead atoms. The molecule has 2 amide bonds. The number of nitrogens with one attached hydrogen (secondary N) is 1. The summed E-state index contributed by atoms with van der Waals surface area (Å²) in [5.41, 5.74) is 0.272. The average Bonchev–Trinajstić information content (AvgIpc) is 2.50. The van der Waals surface area contributed by atoms with E-state index >= 15 is 0 Å². The molecule has 0 spiro atoms. The Morgan fingerprint density at radius 2 is 2.00 bits per heavy atom.